The van der Waals surface area contributed by atoms with Crippen LogP contribution in [-0.4, -0.2) is 15.4 Å². The van der Waals surface area contributed by atoms with Crippen molar-refractivity contribution in [3.05, 3.63) is 90.5 Å². The second-order valence-corrected chi connectivity index (χ2v) is 6.71. The Morgan fingerprint density at radius 3 is 2.15 bits per heavy atom. The van der Waals surface area contributed by atoms with Gasteiger partial charge in [-0.3, -0.25) is 0 Å². The van der Waals surface area contributed by atoms with E-state index in [1.54, 1.807) is 18.2 Å². The predicted octanol–water partition coefficient (Wildman–Crippen LogP) is 5.84. The van der Waals surface area contributed by atoms with Gasteiger partial charge >= 0.3 is 5.97 Å². The molecule has 0 saturated carbocycles. The van der Waals surface area contributed by atoms with Crippen molar-refractivity contribution in [2.75, 3.05) is 0 Å². The second kappa shape index (κ2) is 6.94. The SMILES string of the molecule is O=C(O)c1cccc(-c2cccc(-c3cc(-c4ccccc4)sn3)c2)c1. The number of rotatable bonds is 4. The van der Waals surface area contributed by atoms with Crippen molar-refractivity contribution in [2.45, 2.75) is 0 Å². The Balaban J connectivity index is 1.70. The maximum atomic E-state index is 11.2. The Morgan fingerprint density at radius 1 is 0.731 bits per heavy atom. The van der Waals surface area contributed by atoms with Gasteiger partial charge in [0.25, 0.3) is 0 Å². The fourth-order valence-corrected chi connectivity index (χ4v) is 3.60. The van der Waals surface area contributed by atoms with Crippen LogP contribution in [0.2, 0.25) is 0 Å². The zero-order chi connectivity index (χ0) is 17.9. The normalized spacial score (nSPS) is 10.6. The lowest BCUT2D eigenvalue weighted by molar-refractivity contribution is 0.0697. The monoisotopic (exact) mass is 357 g/mol. The van der Waals surface area contributed by atoms with Crippen LogP contribution in [0.3, 0.4) is 0 Å². The molecule has 0 aliphatic carbocycles. The van der Waals surface area contributed by atoms with Crippen molar-refractivity contribution in [3.63, 3.8) is 0 Å². The van der Waals surface area contributed by atoms with Crippen LogP contribution in [0.25, 0.3) is 32.8 Å². The fourth-order valence-electron chi connectivity index (χ4n) is 2.84. The summed E-state index contributed by atoms with van der Waals surface area (Å²) in [5, 5.41) is 9.19. The number of aromatic carboxylic acids is 1. The summed E-state index contributed by atoms with van der Waals surface area (Å²) < 4.78 is 4.59. The van der Waals surface area contributed by atoms with E-state index in [1.165, 1.54) is 11.5 Å². The quantitative estimate of drug-likeness (QED) is 0.499. The molecule has 1 heterocycles. The molecular formula is C22H15NO2S. The highest BCUT2D eigenvalue weighted by atomic mass is 32.1. The molecule has 3 nitrogen and oxygen atoms in total. The number of carbonyl (C=O) groups is 1. The van der Waals surface area contributed by atoms with E-state index in [9.17, 15) is 9.90 Å². The fraction of sp³-hybridized carbons (Fsp3) is 0. The molecule has 0 radical (unpaired) electrons. The molecule has 0 fully saturated rings. The molecule has 0 aliphatic heterocycles. The van der Waals surface area contributed by atoms with Gasteiger partial charge in [0.15, 0.2) is 0 Å². The van der Waals surface area contributed by atoms with Crippen LogP contribution in [0.4, 0.5) is 0 Å². The summed E-state index contributed by atoms with van der Waals surface area (Å²) >= 11 is 1.48. The molecular weight excluding hydrogens is 342 g/mol. The standard InChI is InChI=1S/C22H15NO2S/c24-22(25)19-11-5-9-17(13-19)16-8-4-10-18(12-16)20-14-21(26-23-20)15-6-2-1-3-7-15/h1-14H,(H,24,25). The molecule has 0 unspecified atom stereocenters. The van der Waals surface area contributed by atoms with Gasteiger partial charge in [0.05, 0.1) is 16.1 Å². The highest BCUT2D eigenvalue weighted by Crippen LogP contribution is 2.31. The van der Waals surface area contributed by atoms with Gasteiger partial charge in [-0.15, -0.1) is 0 Å². The van der Waals surface area contributed by atoms with E-state index in [-0.39, 0.29) is 5.56 Å². The van der Waals surface area contributed by atoms with Gasteiger partial charge in [-0.05, 0) is 52.5 Å². The highest BCUT2D eigenvalue weighted by molar-refractivity contribution is 7.09. The van der Waals surface area contributed by atoms with E-state index in [4.69, 9.17) is 0 Å². The van der Waals surface area contributed by atoms with Crippen molar-refractivity contribution in [3.8, 4) is 32.8 Å². The molecule has 1 N–H and O–H groups in total. The van der Waals surface area contributed by atoms with Gasteiger partial charge in [-0.25, -0.2) is 4.79 Å². The van der Waals surface area contributed by atoms with Gasteiger partial charge in [0, 0.05) is 5.56 Å². The highest BCUT2D eigenvalue weighted by Gasteiger charge is 2.09. The minimum absolute atomic E-state index is 0.285. The lowest BCUT2D eigenvalue weighted by Gasteiger charge is -2.05. The Morgan fingerprint density at radius 2 is 1.38 bits per heavy atom. The van der Waals surface area contributed by atoms with E-state index < -0.39 is 5.97 Å². The minimum Gasteiger partial charge on any atom is -0.478 e. The van der Waals surface area contributed by atoms with Crippen LogP contribution in [0.5, 0.6) is 0 Å². The van der Waals surface area contributed by atoms with E-state index >= 15 is 0 Å². The molecule has 3 aromatic carbocycles. The lowest BCUT2D eigenvalue weighted by Crippen LogP contribution is -1.95. The summed E-state index contributed by atoms with van der Waals surface area (Å²) in [5.74, 6) is -0.921. The van der Waals surface area contributed by atoms with Crippen molar-refractivity contribution < 1.29 is 9.90 Å². The average molecular weight is 357 g/mol. The third kappa shape index (κ3) is 3.27. The third-order valence-electron chi connectivity index (χ3n) is 4.17. The summed E-state index contributed by atoms with van der Waals surface area (Å²) in [5.41, 5.74) is 5.23. The van der Waals surface area contributed by atoms with E-state index in [0.717, 1.165) is 32.8 Å². The first-order valence-electron chi connectivity index (χ1n) is 8.17. The largest absolute Gasteiger partial charge is 0.478 e. The number of hydrogen-bond donors (Lipinski definition) is 1. The van der Waals surface area contributed by atoms with Crippen LogP contribution >= 0.6 is 11.5 Å². The zero-order valence-electron chi connectivity index (χ0n) is 13.8. The number of carboxylic acids is 1. The number of nitrogens with zero attached hydrogens (tertiary/aromatic N) is 1. The first-order valence-corrected chi connectivity index (χ1v) is 8.94. The molecule has 0 amide bonds. The first-order chi connectivity index (χ1) is 12.7. The number of carboxylic acid groups (broad SMARTS) is 1. The molecule has 0 bridgehead atoms. The third-order valence-corrected chi connectivity index (χ3v) is 5.01. The van der Waals surface area contributed by atoms with Crippen LogP contribution in [-0.2, 0) is 0 Å². The summed E-state index contributed by atoms with van der Waals surface area (Å²) in [7, 11) is 0. The summed E-state index contributed by atoms with van der Waals surface area (Å²) in [6, 6.07) is 27.3. The molecule has 0 atom stereocenters. The van der Waals surface area contributed by atoms with Crippen LogP contribution < -0.4 is 0 Å². The zero-order valence-corrected chi connectivity index (χ0v) is 14.6. The van der Waals surface area contributed by atoms with Crippen molar-refractivity contribution in [2.24, 2.45) is 0 Å². The second-order valence-electron chi connectivity index (χ2n) is 5.91. The molecule has 126 valence electrons. The molecule has 0 aliphatic rings. The first kappa shape index (κ1) is 16.2. The Bertz CT molecular complexity index is 1070. The van der Waals surface area contributed by atoms with Gasteiger partial charge in [-0.1, -0.05) is 60.7 Å². The number of benzene rings is 3. The van der Waals surface area contributed by atoms with Crippen LogP contribution in [0.15, 0.2) is 84.9 Å². The smallest absolute Gasteiger partial charge is 0.335 e. The number of aromatic nitrogens is 1. The molecule has 4 heteroatoms. The lowest BCUT2D eigenvalue weighted by atomic mass is 10.00. The maximum absolute atomic E-state index is 11.2. The topological polar surface area (TPSA) is 50.2 Å². The maximum Gasteiger partial charge on any atom is 0.335 e. The van der Waals surface area contributed by atoms with Gasteiger partial charge in [-0.2, -0.15) is 4.37 Å². The molecule has 26 heavy (non-hydrogen) atoms. The Hall–Kier alpha value is -3.24. The van der Waals surface area contributed by atoms with Crippen molar-refractivity contribution in [1.82, 2.24) is 4.37 Å². The molecule has 4 aromatic rings. The Kier molecular flexibility index (Phi) is 4.33. The van der Waals surface area contributed by atoms with E-state index in [2.05, 4.69) is 22.6 Å². The number of hydrogen-bond acceptors (Lipinski definition) is 3. The van der Waals surface area contributed by atoms with Crippen molar-refractivity contribution in [1.29, 1.82) is 0 Å². The molecule has 0 spiro atoms. The predicted molar refractivity (Wildman–Crippen MR) is 105 cm³/mol. The van der Waals surface area contributed by atoms with E-state index in [1.807, 2.05) is 48.5 Å². The Labute approximate surface area is 155 Å². The average Bonchev–Trinajstić information content (AvgIpc) is 3.19. The van der Waals surface area contributed by atoms with Crippen LogP contribution in [0.1, 0.15) is 10.4 Å². The summed E-state index contributed by atoms with van der Waals surface area (Å²) in [6.45, 7) is 0. The van der Waals surface area contributed by atoms with Crippen molar-refractivity contribution >= 4 is 17.5 Å². The molecule has 0 saturated heterocycles. The van der Waals surface area contributed by atoms with Gasteiger partial charge in [0.1, 0.15) is 0 Å². The summed E-state index contributed by atoms with van der Waals surface area (Å²) in [4.78, 5) is 12.3. The van der Waals surface area contributed by atoms with Gasteiger partial charge in [0.2, 0.25) is 0 Å². The molecule has 4 rings (SSSR count). The molecule has 1 aromatic heterocycles. The van der Waals surface area contributed by atoms with Crippen LogP contribution in [0, 0.1) is 0 Å². The van der Waals surface area contributed by atoms with E-state index in [0.29, 0.717) is 0 Å². The van der Waals surface area contributed by atoms with Gasteiger partial charge < -0.3 is 5.11 Å². The minimum atomic E-state index is -0.921. The summed E-state index contributed by atoms with van der Waals surface area (Å²) in [6.07, 6.45) is 0.